The van der Waals surface area contributed by atoms with Crippen molar-refractivity contribution < 1.29 is 4.79 Å². The molecule has 0 aromatic heterocycles. The van der Waals surface area contributed by atoms with E-state index in [1.165, 1.54) is 0 Å². The average Bonchev–Trinajstić information content (AvgIpc) is 2.38. The number of hydrogen-bond acceptors (Lipinski definition) is 2. The van der Waals surface area contributed by atoms with Gasteiger partial charge >= 0.3 is 0 Å². The molecule has 0 saturated heterocycles. The highest BCUT2D eigenvalue weighted by Gasteiger charge is 2.24. The largest absolute Gasteiger partial charge is 0.338 e. The van der Waals surface area contributed by atoms with Crippen molar-refractivity contribution in [3.05, 3.63) is 32.4 Å². The molecule has 0 bridgehead atoms. The van der Waals surface area contributed by atoms with Crippen LogP contribution in [0.5, 0.6) is 0 Å². The molecular weight excluding hydrogens is 375 g/mol. The quantitative estimate of drug-likeness (QED) is 0.778. The minimum Gasteiger partial charge on any atom is -0.338 e. The molecule has 2 N–H and O–H groups in total. The molecule has 0 heterocycles. The van der Waals surface area contributed by atoms with Crippen molar-refractivity contribution in [1.82, 2.24) is 4.90 Å². The van der Waals surface area contributed by atoms with Gasteiger partial charge in [0, 0.05) is 21.7 Å². The van der Waals surface area contributed by atoms with E-state index in [9.17, 15) is 4.79 Å². The highest BCUT2D eigenvalue weighted by Crippen LogP contribution is 2.22. The lowest BCUT2D eigenvalue weighted by atomic mass is 9.93. The molecule has 0 atom stereocenters. The zero-order chi connectivity index (χ0) is 14.6. The topological polar surface area (TPSA) is 46.3 Å². The van der Waals surface area contributed by atoms with Gasteiger partial charge in [-0.15, -0.1) is 0 Å². The lowest BCUT2D eigenvalue weighted by Gasteiger charge is -2.31. The summed E-state index contributed by atoms with van der Waals surface area (Å²) in [6, 6.07) is 5.38. The summed E-state index contributed by atoms with van der Waals surface area (Å²) in [5, 5.41) is 0.581. The minimum absolute atomic E-state index is 0.0101. The van der Waals surface area contributed by atoms with Crippen molar-refractivity contribution in [3.8, 4) is 0 Å². The third kappa shape index (κ3) is 4.61. The fraction of sp³-hybridized carbons (Fsp3) is 0.500. The van der Waals surface area contributed by atoms with Crippen molar-refractivity contribution in [2.24, 2.45) is 11.1 Å². The summed E-state index contributed by atoms with van der Waals surface area (Å²) >= 11 is 8.13. The first-order valence-electron chi connectivity index (χ1n) is 6.25. The van der Waals surface area contributed by atoms with Crippen LogP contribution in [0.1, 0.15) is 31.1 Å². The van der Waals surface area contributed by atoms with Crippen LogP contribution in [0.3, 0.4) is 0 Å². The normalized spacial score (nSPS) is 11.5. The average molecular weight is 395 g/mol. The van der Waals surface area contributed by atoms with E-state index >= 15 is 0 Å². The van der Waals surface area contributed by atoms with Gasteiger partial charge < -0.3 is 10.6 Å². The molecule has 0 aliphatic rings. The van der Waals surface area contributed by atoms with E-state index in [0.29, 0.717) is 30.2 Å². The first-order valence-corrected chi connectivity index (χ1v) is 7.71. The Morgan fingerprint density at radius 3 is 2.63 bits per heavy atom. The molecule has 0 unspecified atom stereocenters. The lowest BCUT2D eigenvalue weighted by molar-refractivity contribution is 0.0700. The molecule has 1 amide bonds. The summed E-state index contributed by atoms with van der Waals surface area (Å²) in [5.74, 6) is 0.0101. The van der Waals surface area contributed by atoms with E-state index in [2.05, 4.69) is 36.4 Å². The van der Waals surface area contributed by atoms with Crippen LogP contribution in [0.4, 0.5) is 0 Å². The minimum atomic E-state index is -0.0876. The third-order valence-electron chi connectivity index (χ3n) is 3.00. The van der Waals surface area contributed by atoms with E-state index in [4.69, 9.17) is 17.3 Å². The monoisotopic (exact) mass is 394 g/mol. The van der Waals surface area contributed by atoms with Crippen molar-refractivity contribution in [1.29, 1.82) is 0 Å². The highest BCUT2D eigenvalue weighted by molar-refractivity contribution is 14.1. The van der Waals surface area contributed by atoms with E-state index in [-0.39, 0.29) is 11.3 Å². The molecule has 0 spiro atoms. The van der Waals surface area contributed by atoms with Crippen molar-refractivity contribution in [2.75, 3.05) is 19.6 Å². The van der Waals surface area contributed by atoms with Gasteiger partial charge in [-0.1, -0.05) is 25.4 Å². The van der Waals surface area contributed by atoms with Gasteiger partial charge in [0.15, 0.2) is 0 Å². The van der Waals surface area contributed by atoms with Crippen LogP contribution in [0.15, 0.2) is 18.2 Å². The highest BCUT2D eigenvalue weighted by atomic mass is 127. The maximum absolute atomic E-state index is 12.6. The second kappa shape index (κ2) is 6.90. The molecule has 19 heavy (non-hydrogen) atoms. The summed E-state index contributed by atoms with van der Waals surface area (Å²) in [7, 11) is 0. The Balaban J connectivity index is 2.99. The summed E-state index contributed by atoms with van der Waals surface area (Å²) in [6.07, 6.45) is 0. The Hall–Kier alpha value is -0.330. The van der Waals surface area contributed by atoms with Gasteiger partial charge in [0.2, 0.25) is 0 Å². The van der Waals surface area contributed by atoms with Gasteiger partial charge in [-0.05, 0) is 59.7 Å². The van der Waals surface area contributed by atoms with Gasteiger partial charge in [-0.3, -0.25) is 4.79 Å². The van der Waals surface area contributed by atoms with E-state index < -0.39 is 0 Å². The van der Waals surface area contributed by atoms with Crippen LogP contribution in [0, 0.1) is 8.99 Å². The Kier molecular flexibility index (Phi) is 6.08. The van der Waals surface area contributed by atoms with Gasteiger partial charge in [-0.2, -0.15) is 0 Å². The van der Waals surface area contributed by atoms with Crippen LogP contribution >= 0.6 is 34.2 Å². The van der Waals surface area contributed by atoms with Crippen LogP contribution in [0.25, 0.3) is 0 Å². The van der Waals surface area contributed by atoms with Crippen LogP contribution in [0.2, 0.25) is 5.02 Å². The molecule has 1 aromatic carbocycles. The third-order valence-corrected chi connectivity index (χ3v) is 4.18. The molecular formula is C14H20ClIN2O. The number of nitrogens with zero attached hydrogens (tertiary/aromatic N) is 1. The number of carbonyl (C=O) groups excluding carboxylic acids is 1. The van der Waals surface area contributed by atoms with E-state index in [1.54, 1.807) is 12.1 Å². The fourth-order valence-electron chi connectivity index (χ4n) is 1.74. The number of benzene rings is 1. The maximum atomic E-state index is 12.6. The molecule has 0 radical (unpaired) electrons. The zero-order valence-corrected chi connectivity index (χ0v) is 14.5. The molecule has 106 valence electrons. The Bertz CT molecular complexity index is 463. The predicted octanol–water partition coefficient (Wildman–Crippen LogP) is 3.39. The SMILES string of the molecule is CCN(CC(C)(C)CN)C(=O)c1cc(Cl)ccc1I. The summed E-state index contributed by atoms with van der Waals surface area (Å²) in [4.78, 5) is 14.4. The molecule has 0 fully saturated rings. The van der Waals surface area contributed by atoms with Crippen LogP contribution in [-0.4, -0.2) is 30.4 Å². The number of amides is 1. The molecule has 0 aliphatic heterocycles. The number of rotatable bonds is 5. The molecule has 3 nitrogen and oxygen atoms in total. The van der Waals surface area contributed by atoms with Crippen molar-refractivity contribution in [3.63, 3.8) is 0 Å². The second-order valence-corrected chi connectivity index (χ2v) is 6.91. The zero-order valence-electron chi connectivity index (χ0n) is 11.5. The van der Waals surface area contributed by atoms with Gasteiger partial charge in [0.25, 0.3) is 5.91 Å². The molecule has 1 aromatic rings. The molecule has 1 rings (SSSR count). The first-order chi connectivity index (χ1) is 8.80. The maximum Gasteiger partial charge on any atom is 0.254 e. The smallest absolute Gasteiger partial charge is 0.254 e. The molecule has 5 heteroatoms. The summed E-state index contributed by atoms with van der Waals surface area (Å²) in [5.41, 5.74) is 6.31. The number of carbonyl (C=O) groups is 1. The van der Waals surface area contributed by atoms with Crippen LogP contribution in [-0.2, 0) is 0 Å². The number of hydrogen-bond donors (Lipinski definition) is 1. The Morgan fingerprint density at radius 1 is 1.47 bits per heavy atom. The molecule has 0 aliphatic carbocycles. The van der Waals surface area contributed by atoms with E-state index in [0.717, 1.165) is 3.57 Å². The Morgan fingerprint density at radius 2 is 2.11 bits per heavy atom. The standard InChI is InChI=1S/C14H20ClIN2O/c1-4-18(9-14(2,3)8-17)13(19)11-7-10(15)5-6-12(11)16/h5-7H,4,8-9,17H2,1-3H3. The fourth-order valence-corrected chi connectivity index (χ4v) is 2.48. The van der Waals surface area contributed by atoms with Crippen molar-refractivity contribution >= 4 is 40.1 Å². The van der Waals surface area contributed by atoms with Crippen LogP contribution < -0.4 is 5.73 Å². The van der Waals surface area contributed by atoms with E-state index in [1.807, 2.05) is 17.9 Å². The van der Waals surface area contributed by atoms with Gasteiger partial charge in [0.05, 0.1) is 5.56 Å². The second-order valence-electron chi connectivity index (χ2n) is 5.31. The first kappa shape index (κ1) is 16.7. The van der Waals surface area contributed by atoms with Gasteiger partial charge in [0.1, 0.15) is 0 Å². The summed E-state index contributed by atoms with van der Waals surface area (Å²) < 4.78 is 0.913. The van der Waals surface area contributed by atoms with Gasteiger partial charge in [-0.25, -0.2) is 0 Å². The number of halogens is 2. The Labute approximate surface area is 133 Å². The lowest BCUT2D eigenvalue weighted by Crippen LogP contribution is -2.42. The summed E-state index contributed by atoms with van der Waals surface area (Å²) in [6.45, 7) is 7.94. The molecule has 0 saturated carbocycles. The number of nitrogens with two attached hydrogens (primary N) is 1. The predicted molar refractivity (Wildman–Crippen MR) is 88.6 cm³/mol. The van der Waals surface area contributed by atoms with Crippen molar-refractivity contribution in [2.45, 2.75) is 20.8 Å².